The molecule has 1 fully saturated rings. The van der Waals surface area contributed by atoms with Crippen LogP contribution in [0.4, 0.5) is 0 Å². The van der Waals surface area contributed by atoms with E-state index in [-0.39, 0.29) is 0 Å². The highest BCUT2D eigenvalue weighted by Gasteiger charge is 2.52. The lowest BCUT2D eigenvalue weighted by Crippen LogP contribution is -2.37. The van der Waals surface area contributed by atoms with Crippen LogP contribution in [0, 0.1) is 28.6 Å². The molecule has 1 aliphatic rings. The first-order valence-electron chi connectivity index (χ1n) is 8.03. The Hall–Kier alpha value is -0.130. The van der Waals surface area contributed by atoms with Crippen LogP contribution >= 0.6 is 0 Å². The molecule has 1 aliphatic carbocycles. The molecule has 106 valence electrons. The summed E-state index contributed by atoms with van der Waals surface area (Å²) in [7, 11) is 0. The van der Waals surface area contributed by atoms with Gasteiger partial charge in [-0.3, -0.25) is 0 Å². The van der Waals surface area contributed by atoms with E-state index in [0.717, 1.165) is 5.92 Å². The Labute approximate surface area is 116 Å². The largest absolute Gasteiger partial charge is 0.105 e. The van der Waals surface area contributed by atoms with Crippen molar-refractivity contribution in [2.24, 2.45) is 22.2 Å². The van der Waals surface area contributed by atoms with Crippen molar-refractivity contribution in [1.82, 2.24) is 0 Å². The van der Waals surface area contributed by atoms with Crippen LogP contribution in [0.3, 0.4) is 0 Å². The van der Waals surface area contributed by atoms with Gasteiger partial charge in [-0.2, -0.15) is 0 Å². The molecule has 0 heteroatoms. The van der Waals surface area contributed by atoms with Crippen molar-refractivity contribution in [3.05, 3.63) is 6.42 Å². The van der Waals surface area contributed by atoms with E-state index in [1.807, 2.05) is 0 Å². The fraction of sp³-hybridized carbons (Fsp3) is 0.944. The highest BCUT2D eigenvalue weighted by Crippen LogP contribution is 2.59. The molecule has 0 spiro atoms. The second kappa shape index (κ2) is 5.47. The number of hydrogen-bond acceptors (Lipinski definition) is 0. The van der Waals surface area contributed by atoms with Gasteiger partial charge in [0.2, 0.25) is 0 Å². The van der Waals surface area contributed by atoms with E-state index in [4.69, 9.17) is 0 Å². The zero-order chi connectivity index (χ0) is 14.0. The van der Waals surface area contributed by atoms with Gasteiger partial charge in [0.25, 0.3) is 0 Å². The van der Waals surface area contributed by atoms with Gasteiger partial charge in [0.05, 0.1) is 13.3 Å². The van der Waals surface area contributed by atoms with Crippen molar-refractivity contribution < 1.29 is 0 Å². The summed E-state index contributed by atoms with van der Waals surface area (Å²) in [5, 5.41) is 0. The van der Waals surface area contributed by atoms with Gasteiger partial charge in [0.1, 0.15) is 5.41 Å². The monoisotopic (exact) mass is 251 g/mol. The fourth-order valence-corrected chi connectivity index (χ4v) is 4.45. The van der Waals surface area contributed by atoms with Crippen molar-refractivity contribution in [2.75, 3.05) is 0 Å². The van der Waals surface area contributed by atoms with E-state index in [0.29, 0.717) is 16.2 Å². The van der Waals surface area contributed by atoms with E-state index < -0.39 is 0 Å². The third-order valence-corrected chi connectivity index (χ3v) is 6.04. The second-order valence-corrected chi connectivity index (χ2v) is 7.95. The molecule has 0 nitrogen and oxygen atoms in total. The van der Waals surface area contributed by atoms with Crippen molar-refractivity contribution in [3.63, 3.8) is 0 Å². The van der Waals surface area contributed by atoms with Crippen LogP contribution in [0.25, 0.3) is 0 Å². The van der Waals surface area contributed by atoms with E-state index in [1.165, 1.54) is 38.5 Å². The van der Waals surface area contributed by atoms with Crippen LogP contribution in [0.15, 0.2) is 0 Å². The summed E-state index contributed by atoms with van der Waals surface area (Å²) in [4.78, 5) is 0. The second-order valence-electron chi connectivity index (χ2n) is 7.95. The highest BCUT2D eigenvalue weighted by atomic mass is 14.5. The molecule has 0 aromatic carbocycles. The standard InChI is InChI=1S/C18H35/c1-8-11-15(16(4,5)9-2)18(7)13-12-17(6,10-3)14-18/h9,15H,8,10-14H2,1-7H3/q+1. The Morgan fingerprint density at radius 3 is 2.17 bits per heavy atom. The summed E-state index contributed by atoms with van der Waals surface area (Å²) in [5.41, 5.74) is 1.53. The average Bonchev–Trinajstić information content (AvgIpc) is 2.64. The van der Waals surface area contributed by atoms with E-state index in [2.05, 4.69) is 54.9 Å². The summed E-state index contributed by atoms with van der Waals surface area (Å²) in [6.07, 6.45) is 10.8. The predicted octanol–water partition coefficient (Wildman–Crippen LogP) is 6.26. The molecule has 0 radical (unpaired) electrons. The topological polar surface area (TPSA) is 0 Å². The predicted molar refractivity (Wildman–Crippen MR) is 82.5 cm³/mol. The van der Waals surface area contributed by atoms with E-state index in [9.17, 15) is 0 Å². The van der Waals surface area contributed by atoms with Crippen molar-refractivity contribution in [1.29, 1.82) is 0 Å². The summed E-state index contributed by atoms with van der Waals surface area (Å²) >= 11 is 0. The van der Waals surface area contributed by atoms with Gasteiger partial charge < -0.3 is 0 Å². The molecule has 0 amide bonds. The molecule has 0 N–H and O–H groups in total. The molecule has 3 atom stereocenters. The maximum absolute atomic E-state index is 2.57. The minimum atomic E-state index is 0.379. The molecular weight excluding hydrogens is 216 g/mol. The normalized spacial score (nSPS) is 34.6. The van der Waals surface area contributed by atoms with Gasteiger partial charge >= 0.3 is 0 Å². The molecule has 0 aromatic heterocycles. The summed E-state index contributed by atoms with van der Waals surface area (Å²) in [5.74, 6) is 0.841. The molecule has 0 aliphatic heterocycles. The van der Waals surface area contributed by atoms with E-state index in [1.54, 1.807) is 0 Å². The maximum atomic E-state index is 2.57. The Kier molecular flexibility index (Phi) is 4.84. The first kappa shape index (κ1) is 15.9. The van der Waals surface area contributed by atoms with Gasteiger partial charge in [-0.1, -0.05) is 40.5 Å². The average molecular weight is 251 g/mol. The molecule has 0 bridgehead atoms. The zero-order valence-electron chi connectivity index (χ0n) is 13.9. The first-order valence-corrected chi connectivity index (χ1v) is 8.03. The Balaban J connectivity index is 2.93. The van der Waals surface area contributed by atoms with Crippen molar-refractivity contribution >= 4 is 0 Å². The summed E-state index contributed by atoms with van der Waals surface area (Å²) in [6, 6.07) is 0. The number of hydrogen-bond donors (Lipinski definition) is 0. The van der Waals surface area contributed by atoms with E-state index >= 15 is 0 Å². The fourth-order valence-electron chi connectivity index (χ4n) is 4.45. The Bertz CT molecular complexity index is 265. The van der Waals surface area contributed by atoms with Crippen LogP contribution in [0.2, 0.25) is 0 Å². The van der Waals surface area contributed by atoms with Crippen LogP contribution in [0.1, 0.15) is 87.0 Å². The Morgan fingerprint density at radius 2 is 1.78 bits per heavy atom. The van der Waals surface area contributed by atoms with Crippen LogP contribution in [-0.4, -0.2) is 0 Å². The smallest absolute Gasteiger partial charge is 0.0654 e. The Morgan fingerprint density at radius 1 is 1.17 bits per heavy atom. The lowest BCUT2D eigenvalue weighted by molar-refractivity contribution is 0.0638. The third-order valence-electron chi connectivity index (χ3n) is 6.04. The summed E-state index contributed by atoms with van der Waals surface area (Å²) in [6.45, 7) is 16.9. The minimum Gasteiger partial charge on any atom is -0.0654 e. The molecule has 1 saturated carbocycles. The highest BCUT2D eigenvalue weighted by molar-refractivity contribution is 5.02. The molecule has 0 saturated heterocycles. The molecular formula is C18H35+. The van der Waals surface area contributed by atoms with Crippen molar-refractivity contribution in [3.8, 4) is 0 Å². The van der Waals surface area contributed by atoms with Crippen LogP contribution in [0.5, 0.6) is 0 Å². The quantitative estimate of drug-likeness (QED) is 0.489. The lowest BCUT2D eigenvalue weighted by atomic mass is 9.59. The maximum Gasteiger partial charge on any atom is 0.105 e. The van der Waals surface area contributed by atoms with Gasteiger partial charge in [-0.15, -0.1) is 0 Å². The molecule has 3 unspecified atom stereocenters. The summed E-state index contributed by atoms with van der Waals surface area (Å²) < 4.78 is 0. The zero-order valence-corrected chi connectivity index (χ0v) is 13.9. The molecule has 1 rings (SSSR count). The minimum absolute atomic E-state index is 0.379. The van der Waals surface area contributed by atoms with Crippen LogP contribution in [-0.2, 0) is 0 Å². The van der Waals surface area contributed by atoms with Gasteiger partial charge in [-0.25, -0.2) is 0 Å². The lowest BCUT2D eigenvalue weighted by Gasteiger charge is -2.41. The first-order chi connectivity index (χ1) is 8.23. The molecule has 0 aromatic rings. The third kappa shape index (κ3) is 3.06. The molecule has 18 heavy (non-hydrogen) atoms. The van der Waals surface area contributed by atoms with Crippen molar-refractivity contribution in [2.45, 2.75) is 87.0 Å². The SMILES string of the molecule is C[CH+]C(C)(C)C(CCC)C1(C)CCC(C)(CC)C1. The van der Waals surface area contributed by atoms with Gasteiger partial charge in [-0.05, 0) is 50.4 Å². The number of rotatable bonds is 6. The van der Waals surface area contributed by atoms with Gasteiger partial charge in [0.15, 0.2) is 0 Å². The van der Waals surface area contributed by atoms with Gasteiger partial charge in [0, 0.05) is 5.92 Å². The molecule has 0 heterocycles. The van der Waals surface area contributed by atoms with Crippen LogP contribution < -0.4 is 0 Å².